The van der Waals surface area contributed by atoms with Crippen molar-refractivity contribution in [3.63, 3.8) is 0 Å². The van der Waals surface area contributed by atoms with E-state index >= 15 is 0 Å². The van der Waals surface area contributed by atoms with Crippen LogP contribution in [0.5, 0.6) is 0 Å². The summed E-state index contributed by atoms with van der Waals surface area (Å²) in [4.78, 5) is 21.8. The fourth-order valence-corrected chi connectivity index (χ4v) is 2.27. The van der Waals surface area contributed by atoms with Gasteiger partial charge in [-0.05, 0) is 31.1 Å². The number of carboxylic acid groups (broad SMARTS) is 1. The highest BCUT2D eigenvalue weighted by atomic mass is 16.5. The van der Waals surface area contributed by atoms with Crippen molar-refractivity contribution in [2.24, 2.45) is 17.8 Å². The van der Waals surface area contributed by atoms with Crippen LogP contribution in [-0.2, 0) is 14.3 Å². The zero-order valence-corrected chi connectivity index (χ0v) is 9.23. The Kier molecular flexibility index (Phi) is 4.12. The van der Waals surface area contributed by atoms with Crippen molar-refractivity contribution in [1.82, 2.24) is 0 Å². The molecule has 1 N–H and O–H groups in total. The van der Waals surface area contributed by atoms with Crippen molar-refractivity contribution in [2.75, 3.05) is 7.11 Å². The molecule has 0 saturated heterocycles. The maximum atomic E-state index is 11.0. The summed E-state index contributed by atoms with van der Waals surface area (Å²) in [5, 5.41) is 8.87. The van der Waals surface area contributed by atoms with Crippen LogP contribution < -0.4 is 0 Å². The molecule has 0 aromatic heterocycles. The average Bonchev–Trinajstić information content (AvgIpc) is 2.64. The van der Waals surface area contributed by atoms with Gasteiger partial charge in [0, 0.05) is 6.42 Å². The number of esters is 1. The van der Waals surface area contributed by atoms with Crippen LogP contribution in [0.25, 0.3) is 0 Å². The molecule has 86 valence electrons. The van der Waals surface area contributed by atoms with Crippen molar-refractivity contribution in [3.05, 3.63) is 0 Å². The van der Waals surface area contributed by atoms with Crippen LogP contribution in [0, 0.1) is 17.8 Å². The van der Waals surface area contributed by atoms with E-state index in [0.29, 0.717) is 12.3 Å². The van der Waals surface area contributed by atoms with Gasteiger partial charge < -0.3 is 9.84 Å². The first-order valence-corrected chi connectivity index (χ1v) is 5.34. The average molecular weight is 214 g/mol. The third-order valence-electron chi connectivity index (χ3n) is 3.36. The van der Waals surface area contributed by atoms with Crippen LogP contribution in [0.15, 0.2) is 0 Å². The van der Waals surface area contributed by atoms with Gasteiger partial charge in [0.15, 0.2) is 0 Å². The first-order valence-electron chi connectivity index (χ1n) is 5.34. The minimum Gasteiger partial charge on any atom is -0.481 e. The van der Waals surface area contributed by atoms with Crippen molar-refractivity contribution in [3.8, 4) is 0 Å². The number of hydrogen-bond acceptors (Lipinski definition) is 3. The number of carboxylic acids is 1. The molecule has 0 amide bonds. The quantitative estimate of drug-likeness (QED) is 0.723. The Morgan fingerprint density at radius 1 is 1.47 bits per heavy atom. The van der Waals surface area contributed by atoms with Crippen LogP contribution in [-0.4, -0.2) is 24.2 Å². The summed E-state index contributed by atoms with van der Waals surface area (Å²) in [7, 11) is 1.38. The highest BCUT2D eigenvalue weighted by molar-refractivity contribution is 5.70. The highest BCUT2D eigenvalue weighted by Crippen LogP contribution is 2.37. The van der Waals surface area contributed by atoms with Gasteiger partial charge in [0.25, 0.3) is 0 Å². The molecule has 1 saturated carbocycles. The smallest absolute Gasteiger partial charge is 0.306 e. The number of carbonyl (C=O) groups excluding carboxylic acids is 1. The summed E-state index contributed by atoms with van der Waals surface area (Å²) >= 11 is 0. The molecule has 1 aliphatic rings. The van der Waals surface area contributed by atoms with E-state index in [-0.39, 0.29) is 17.8 Å². The molecule has 0 aliphatic heterocycles. The van der Waals surface area contributed by atoms with Crippen LogP contribution in [0.2, 0.25) is 0 Å². The second-order valence-corrected chi connectivity index (χ2v) is 4.35. The van der Waals surface area contributed by atoms with Gasteiger partial charge in [-0.25, -0.2) is 0 Å². The number of aliphatic carboxylic acids is 1. The number of methoxy groups -OCH3 is 1. The van der Waals surface area contributed by atoms with E-state index in [2.05, 4.69) is 4.74 Å². The van der Waals surface area contributed by atoms with E-state index in [1.54, 1.807) is 6.92 Å². The third-order valence-corrected chi connectivity index (χ3v) is 3.36. The van der Waals surface area contributed by atoms with Crippen molar-refractivity contribution < 1.29 is 19.4 Å². The Labute approximate surface area is 89.6 Å². The second-order valence-electron chi connectivity index (χ2n) is 4.35. The van der Waals surface area contributed by atoms with E-state index in [1.807, 2.05) is 0 Å². The van der Waals surface area contributed by atoms with Gasteiger partial charge >= 0.3 is 11.9 Å². The summed E-state index contributed by atoms with van der Waals surface area (Å²) in [6, 6.07) is 0. The lowest BCUT2D eigenvalue weighted by molar-refractivity contribution is -0.142. The molecule has 4 nitrogen and oxygen atoms in total. The van der Waals surface area contributed by atoms with Crippen LogP contribution in [0.4, 0.5) is 0 Å². The molecule has 0 heterocycles. The Bertz CT molecular complexity index is 249. The van der Waals surface area contributed by atoms with Crippen molar-refractivity contribution in [1.29, 1.82) is 0 Å². The Balaban J connectivity index is 2.38. The third kappa shape index (κ3) is 3.22. The van der Waals surface area contributed by atoms with Gasteiger partial charge in [-0.15, -0.1) is 0 Å². The summed E-state index contributed by atoms with van der Waals surface area (Å²) in [6.45, 7) is 1.74. The fraction of sp³-hybridized carbons (Fsp3) is 0.818. The Hall–Kier alpha value is -1.06. The molecule has 4 heteroatoms. The molecule has 3 atom stereocenters. The molecule has 0 radical (unpaired) electrons. The molecule has 0 aromatic carbocycles. The molecular weight excluding hydrogens is 196 g/mol. The Morgan fingerprint density at radius 3 is 2.67 bits per heavy atom. The maximum absolute atomic E-state index is 11.0. The van der Waals surface area contributed by atoms with Crippen LogP contribution in [0.3, 0.4) is 0 Å². The lowest BCUT2D eigenvalue weighted by Gasteiger charge is -2.14. The first kappa shape index (κ1) is 12.0. The first-order chi connectivity index (χ1) is 7.04. The lowest BCUT2D eigenvalue weighted by Crippen LogP contribution is -2.18. The molecule has 3 unspecified atom stereocenters. The van der Waals surface area contributed by atoms with Crippen LogP contribution >= 0.6 is 0 Å². The molecule has 0 bridgehead atoms. The second kappa shape index (κ2) is 5.14. The lowest BCUT2D eigenvalue weighted by atomic mass is 9.91. The molecule has 0 aromatic rings. The summed E-state index contributed by atoms with van der Waals surface area (Å²) < 4.78 is 4.60. The predicted molar refractivity (Wildman–Crippen MR) is 54.3 cm³/mol. The fourth-order valence-electron chi connectivity index (χ4n) is 2.27. The maximum Gasteiger partial charge on any atom is 0.306 e. The van der Waals surface area contributed by atoms with E-state index in [9.17, 15) is 9.59 Å². The summed E-state index contributed by atoms with van der Waals surface area (Å²) in [5.74, 6) is -0.698. The van der Waals surface area contributed by atoms with E-state index in [4.69, 9.17) is 5.11 Å². The van der Waals surface area contributed by atoms with Crippen LogP contribution in [0.1, 0.15) is 32.6 Å². The normalized spacial score (nSPS) is 27.3. The van der Waals surface area contributed by atoms with E-state index in [1.165, 1.54) is 7.11 Å². The summed E-state index contributed by atoms with van der Waals surface area (Å²) in [5.41, 5.74) is 0. The van der Waals surface area contributed by atoms with Crippen molar-refractivity contribution >= 4 is 11.9 Å². The van der Waals surface area contributed by atoms with Gasteiger partial charge in [-0.2, -0.15) is 0 Å². The van der Waals surface area contributed by atoms with Gasteiger partial charge in [0.05, 0.1) is 13.0 Å². The predicted octanol–water partition coefficient (Wildman–Crippen LogP) is 1.69. The number of carbonyl (C=O) groups is 2. The molecule has 1 fully saturated rings. The largest absolute Gasteiger partial charge is 0.481 e. The molecule has 1 rings (SSSR count). The molecule has 15 heavy (non-hydrogen) atoms. The standard InChI is InChI=1S/C11H18O4/c1-7(11(13)14)9-4-3-8(5-9)6-10(12)15-2/h7-9H,3-6H2,1-2H3,(H,13,14). The summed E-state index contributed by atoms with van der Waals surface area (Å²) in [6.07, 6.45) is 3.12. The zero-order valence-electron chi connectivity index (χ0n) is 9.23. The van der Waals surface area contributed by atoms with Gasteiger partial charge in [-0.3, -0.25) is 9.59 Å². The minimum absolute atomic E-state index is 0.191. The van der Waals surface area contributed by atoms with Crippen molar-refractivity contribution in [2.45, 2.75) is 32.6 Å². The SMILES string of the molecule is COC(=O)CC1CCC(C(C)C(=O)O)C1. The van der Waals surface area contributed by atoms with Gasteiger partial charge in [0.1, 0.15) is 0 Å². The van der Waals surface area contributed by atoms with E-state index in [0.717, 1.165) is 19.3 Å². The molecular formula is C11H18O4. The molecule has 0 spiro atoms. The zero-order chi connectivity index (χ0) is 11.4. The van der Waals surface area contributed by atoms with E-state index < -0.39 is 5.97 Å². The minimum atomic E-state index is -0.737. The monoisotopic (exact) mass is 214 g/mol. The Morgan fingerprint density at radius 2 is 2.13 bits per heavy atom. The number of hydrogen-bond donors (Lipinski definition) is 1. The topological polar surface area (TPSA) is 63.6 Å². The van der Waals surface area contributed by atoms with Gasteiger partial charge in [-0.1, -0.05) is 6.92 Å². The molecule has 1 aliphatic carbocycles. The highest BCUT2D eigenvalue weighted by Gasteiger charge is 2.32. The number of rotatable bonds is 4. The van der Waals surface area contributed by atoms with Gasteiger partial charge in [0.2, 0.25) is 0 Å². The number of ether oxygens (including phenoxy) is 1.